The molecule has 0 radical (unpaired) electrons. The minimum Gasteiger partial charge on any atom is -0.494 e. The quantitative estimate of drug-likeness (QED) is 0.664. The molecule has 0 amide bonds. The molecule has 1 rings (SSSR count). The highest BCUT2D eigenvalue weighted by Gasteiger charge is 2.03. The zero-order valence-electron chi connectivity index (χ0n) is 4.28. The minimum absolute atomic E-state index is 0.0625. The highest BCUT2D eigenvalue weighted by molar-refractivity contribution is 8.20. The average Bonchev–Trinajstić information content (AvgIpc) is 2.12. The summed E-state index contributed by atoms with van der Waals surface area (Å²) >= 11 is 0.718. The Morgan fingerprint density at radius 2 is 1.78 bits per heavy atom. The molecule has 0 aliphatic heterocycles. The molecule has 50 valence electrons. The summed E-state index contributed by atoms with van der Waals surface area (Å²) in [5.41, 5.74) is 0. The van der Waals surface area contributed by atoms with E-state index in [9.17, 15) is 0 Å². The van der Waals surface area contributed by atoms with Gasteiger partial charge in [-0.15, -0.1) is 0 Å². The average molecular weight is 166 g/mol. The fourth-order valence-corrected chi connectivity index (χ4v) is 1.16. The lowest BCUT2D eigenvalue weighted by molar-refractivity contribution is 0.417. The summed E-state index contributed by atoms with van der Waals surface area (Å²) in [6.45, 7) is 0. The van der Waals surface area contributed by atoms with E-state index in [0.717, 1.165) is 15.1 Å². The number of aromatic nitrogens is 1. The Bertz CT molecular complexity index is 193. The van der Waals surface area contributed by atoms with Gasteiger partial charge in [0, 0.05) is 12.1 Å². The molecule has 9 heavy (non-hydrogen) atoms. The number of hydrogen-bond donors (Lipinski definition) is 2. The molecule has 5 heteroatoms. The summed E-state index contributed by atoms with van der Waals surface area (Å²) in [5, 5.41) is 17.7. The van der Waals surface area contributed by atoms with E-state index in [1.54, 1.807) is 0 Å². The van der Waals surface area contributed by atoms with Gasteiger partial charge >= 0.3 is 0 Å². The third-order valence-electron chi connectivity index (χ3n) is 0.867. The molecule has 1 heterocycles. The van der Waals surface area contributed by atoms with Crippen LogP contribution < -0.4 is 0 Å². The Hall–Kier alpha value is -0.480. The molecule has 0 spiro atoms. The van der Waals surface area contributed by atoms with E-state index in [1.165, 1.54) is 12.1 Å². The molecule has 0 saturated carbocycles. The topological polar surface area (TPSA) is 45.4 Å². The van der Waals surface area contributed by atoms with Crippen molar-refractivity contribution in [2.45, 2.75) is 0 Å². The largest absolute Gasteiger partial charge is 0.494 e. The molecule has 2 N–H and O–H groups in total. The maximum Gasteiger partial charge on any atom is 0.205 e. The fourth-order valence-electron chi connectivity index (χ4n) is 0.473. The molecular formula is C4H4ClNO2S. The van der Waals surface area contributed by atoms with Crippen molar-refractivity contribution in [1.82, 2.24) is 3.97 Å². The maximum absolute atomic E-state index is 8.83. The molecule has 0 unspecified atom stereocenters. The van der Waals surface area contributed by atoms with Crippen molar-refractivity contribution in [3.05, 3.63) is 12.1 Å². The van der Waals surface area contributed by atoms with E-state index in [4.69, 9.17) is 20.9 Å². The van der Waals surface area contributed by atoms with Crippen molar-refractivity contribution in [3.63, 3.8) is 0 Å². The van der Waals surface area contributed by atoms with E-state index < -0.39 is 0 Å². The zero-order valence-corrected chi connectivity index (χ0v) is 5.85. The predicted molar refractivity (Wildman–Crippen MR) is 36.6 cm³/mol. The molecule has 1 aromatic rings. The first-order valence-corrected chi connectivity index (χ1v) is 3.74. The second-order valence-electron chi connectivity index (χ2n) is 1.41. The highest BCUT2D eigenvalue weighted by atomic mass is 35.7. The summed E-state index contributed by atoms with van der Waals surface area (Å²) < 4.78 is 1.08. The lowest BCUT2D eigenvalue weighted by atomic mass is 10.6. The standard InChI is InChI=1S/C4H4ClNO2S/c5-9-6-3(7)1-2-4(6)8/h1-2,7-8H. The summed E-state index contributed by atoms with van der Waals surface area (Å²) in [7, 11) is 5.24. The molecule has 0 saturated heterocycles. The molecule has 0 aliphatic rings. The van der Waals surface area contributed by atoms with Gasteiger partial charge in [-0.3, -0.25) is 0 Å². The van der Waals surface area contributed by atoms with Gasteiger partial charge < -0.3 is 10.2 Å². The van der Waals surface area contributed by atoms with Gasteiger partial charge in [-0.25, -0.2) is 3.97 Å². The zero-order chi connectivity index (χ0) is 6.85. The van der Waals surface area contributed by atoms with Crippen molar-refractivity contribution >= 4 is 21.8 Å². The van der Waals surface area contributed by atoms with Crippen LogP contribution >= 0.6 is 21.8 Å². The van der Waals surface area contributed by atoms with Crippen LogP contribution in [0.3, 0.4) is 0 Å². The van der Waals surface area contributed by atoms with E-state index in [-0.39, 0.29) is 11.8 Å². The van der Waals surface area contributed by atoms with Crippen molar-refractivity contribution in [2.75, 3.05) is 0 Å². The number of nitrogens with zero attached hydrogens (tertiary/aromatic N) is 1. The van der Waals surface area contributed by atoms with Gasteiger partial charge in [0.2, 0.25) is 11.8 Å². The second-order valence-corrected chi connectivity index (χ2v) is 2.33. The SMILES string of the molecule is Oc1ccc(O)n1SCl. The first-order chi connectivity index (χ1) is 4.25. The Kier molecular flexibility index (Phi) is 1.78. The van der Waals surface area contributed by atoms with Gasteiger partial charge in [-0.1, -0.05) is 0 Å². The van der Waals surface area contributed by atoms with Crippen LogP contribution in [0.15, 0.2) is 12.1 Å². The molecule has 1 aromatic heterocycles. The maximum atomic E-state index is 8.83. The van der Waals surface area contributed by atoms with Gasteiger partial charge in [0.05, 0.1) is 11.2 Å². The van der Waals surface area contributed by atoms with Crippen molar-refractivity contribution in [3.8, 4) is 11.8 Å². The molecule has 0 bridgehead atoms. The van der Waals surface area contributed by atoms with E-state index in [1.807, 2.05) is 0 Å². The summed E-state index contributed by atoms with van der Waals surface area (Å²) in [4.78, 5) is 0. The Labute approximate surface area is 60.5 Å². The van der Waals surface area contributed by atoms with E-state index >= 15 is 0 Å². The smallest absolute Gasteiger partial charge is 0.205 e. The van der Waals surface area contributed by atoms with Crippen LogP contribution in [0.5, 0.6) is 11.8 Å². The Morgan fingerprint density at radius 3 is 2.00 bits per heavy atom. The number of rotatable bonds is 1. The molecule has 3 nitrogen and oxygen atoms in total. The lowest BCUT2D eigenvalue weighted by Gasteiger charge is -1.95. The summed E-state index contributed by atoms with van der Waals surface area (Å²) in [5.74, 6) is -0.125. The van der Waals surface area contributed by atoms with Crippen molar-refractivity contribution < 1.29 is 10.2 Å². The molecular weight excluding hydrogens is 162 g/mol. The number of aromatic hydroxyl groups is 2. The number of halogens is 1. The molecule has 0 aliphatic carbocycles. The van der Waals surface area contributed by atoms with E-state index in [2.05, 4.69) is 0 Å². The van der Waals surface area contributed by atoms with Crippen molar-refractivity contribution in [2.24, 2.45) is 0 Å². The van der Waals surface area contributed by atoms with Crippen LogP contribution in [0.2, 0.25) is 0 Å². The summed E-state index contributed by atoms with van der Waals surface area (Å²) in [6.07, 6.45) is 0. The van der Waals surface area contributed by atoms with Gasteiger partial charge in [0.15, 0.2) is 0 Å². The Balaban J connectivity index is 3.07. The number of hydrogen-bond acceptors (Lipinski definition) is 3. The highest BCUT2D eigenvalue weighted by Crippen LogP contribution is 2.28. The first-order valence-electron chi connectivity index (χ1n) is 2.14. The van der Waals surface area contributed by atoms with Gasteiger partial charge in [0.25, 0.3) is 0 Å². The third kappa shape index (κ3) is 1.09. The van der Waals surface area contributed by atoms with Crippen LogP contribution in [0, 0.1) is 0 Å². The van der Waals surface area contributed by atoms with Gasteiger partial charge in [-0.05, 0) is 10.7 Å². The van der Waals surface area contributed by atoms with Crippen LogP contribution in [0.25, 0.3) is 0 Å². The molecule has 0 fully saturated rings. The summed E-state index contributed by atoms with van der Waals surface area (Å²) in [6, 6.07) is 2.70. The molecule has 0 aromatic carbocycles. The van der Waals surface area contributed by atoms with E-state index in [0.29, 0.717) is 0 Å². The monoisotopic (exact) mass is 165 g/mol. The Morgan fingerprint density at radius 1 is 1.33 bits per heavy atom. The lowest BCUT2D eigenvalue weighted by Crippen LogP contribution is -1.77. The normalized spacial score (nSPS) is 9.89. The van der Waals surface area contributed by atoms with Crippen LogP contribution in [0.1, 0.15) is 0 Å². The van der Waals surface area contributed by atoms with Crippen LogP contribution in [0.4, 0.5) is 0 Å². The van der Waals surface area contributed by atoms with Gasteiger partial charge in [0.1, 0.15) is 0 Å². The van der Waals surface area contributed by atoms with Crippen LogP contribution in [-0.4, -0.2) is 14.2 Å². The van der Waals surface area contributed by atoms with Crippen molar-refractivity contribution in [1.29, 1.82) is 0 Å². The second kappa shape index (κ2) is 2.41. The van der Waals surface area contributed by atoms with Crippen LogP contribution in [-0.2, 0) is 0 Å². The fraction of sp³-hybridized carbons (Fsp3) is 0. The predicted octanol–water partition coefficient (Wildman–Crippen LogP) is 1.55. The minimum atomic E-state index is -0.0625. The third-order valence-corrected chi connectivity index (χ3v) is 1.79. The first kappa shape index (κ1) is 6.64. The molecule has 0 atom stereocenters. The van der Waals surface area contributed by atoms with Gasteiger partial charge in [-0.2, -0.15) is 0 Å².